The van der Waals surface area contributed by atoms with Crippen LogP contribution in [-0.4, -0.2) is 37.7 Å². The Balaban J connectivity index is 1.65. The first-order chi connectivity index (χ1) is 10.2. The molecule has 1 fully saturated rings. The maximum absolute atomic E-state index is 12.6. The van der Waals surface area contributed by atoms with E-state index in [0.717, 1.165) is 25.0 Å². The van der Waals surface area contributed by atoms with Crippen LogP contribution in [-0.2, 0) is 7.05 Å². The third-order valence-electron chi connectivity index (χ3n) is 4.43. The summed E-state index contributed by atoms with van der Waals surface area (Å²) in [4.78, 5) is 18.8. The van der Waals surface area contributed by atoms with Gasteiger partial charge in [0.05, 0.1) is 17.2 Å². The van der Waals surface area contributed by atoms with Gasteiger partial charge in [-0.2, -0.15) is 5.10 Å². The Morgan fingerprint density at radius 2 is 2.33 bits per heavy atom. The molecule has 2 aliphatic heterocycles. The number of aromatic nitrogens is 3. The molecular weight excluding hydrogens is 284 g/mol. The second-order valence-corrected chi connectivity index (χ2v) is 6.34. The minimum Gasteiger partial charge on any atom is -0.328 e. The van der Waals surface area contributed by atoms with Crippen LogP contribution in [0.15, 0.2) is 29.2 Å². The van der Waals surface area contributed by atoms with Crippen molar-refractivity contribution in [3.8, 4) is 0 Å². The van der Waals surface area contributed by atoms with E-state index in [-0.39, 0.29) is 11.9 Å². The van der Waals surface area contributed by atoms with Crippen molar-refractivity contribution in [3.63, 3.8) is 0 Å². The normalized spacial score (nSPS) is 24.2. The van der Waals surface area contributed by atoms with E-state index in [4.69, 9.17) is 0 Å². The first kappa shape index (κ1) is 12.8. The molecule has 1 amide bonds. The third kappa shape index (κ3) is 2.01. The molecule has 4 rings (SSSR count). The van der Waals surface area contributed by atoms with Gasteiger partial charge in [0.1, 0.15) is 5.69 Å². The zero-order valence-electron chi connectivity index (χ0n) is 11.8. The van der Waals surface area contributed by atoms with Crippen molar-refractivity contribution in [2.45, 2.75) is 31.3 Å². The first-order valence-electron chi connectivity index (χ1n) is 7.14. The fraction of sp³-hybridized carbons (Fsp3) is 0.400. The van der Waals surface area contributed by atoms with E-state index in [1.165, 1.54) is 16.9 Å². The molecule has 2 aromatic heterocycles. The van der Waals surface area contributed by atoms with Gasteiger partial charge < -0.3 is 4.90 Å². The van der Waals surface area contributed by atoms with Gasteiger partial charge in [0.15, 0.2) is 0 Å². The van der Waals surface area contributed by atoms with Gasteiger partial charge >= 0.3 is 0 Å². The average Bonchev–Trinajstić information content (AvgIpc) is 3.19. The van der Waals surface area contributed by atoms with Crippen LogP contribution in [0, 0.1) is 0 Å². The van der Waals surface area contributed by atoms with Crippen LogP contribution in [0.1, 0.15) is 35.4 Å². The smallest absolute Gasteiger partial charge is 0.274 e. The van der Waals surface area contributed by atoms with E-state index >= 15 is 0 Å². The minimum atomic E-state index is 0.0732. The molecule has 0 radical (unpaired) electrons. The van der Waals surface area contributed by atoms with Crippen LogP contribution in [0.2, 0.25) is 0 Å². The van der Waals surface area contributed by atoms with Gasteiger partial charge in [0, 0.05) is 24.7 Å². The van der Waals surface area contributed by atoms with E-state index in [1.54, 1.807) is 5.51 Å². The summed E-state index contributed by atoms with van der Waals surface area (Å²) >= 11 is 1.47. The average molecular weight is 300 g/mol. The lowest BCUT2D eigenvalue weighted by Gasteiger charge is -2.33. The minimum absolute atomic E-state index is 0.0732. The van der Waals surface area contributed by atoms with Crippen molar-refractivity contribution in [1.82, 2.24) is 19.7 Å². The van der Waals surface area contributed by atoms with Gasteiger partial charge in [-0.3, -0.25) is 9.48 Å². The summed E-state index contributed by atoms with van der Waals surface area (Å²) < 4.78 is 1.91. The topological polar surface area (TPSA) is 51.0 Å². The van der Waals surface area contributed by atoms with Crippen molar-refractivity contribution in [2.24, 2.45) is 7.05 Å². The maximum atomic E-state index is 12.6. The molecule has 0 aromatic carbocycles. The molecule has 4 heterocycles. The number of rotatable bonds is 2. The van der Waals surface area contributed by atoms with Crippen LogP contribution in [0.5, 0.6) is 0 Å². The summed E-state index contributed by atoms with van der Waals surface area (Å²) in [5.41, 5.74) is 4.77. The lowest BCUT2D eigenvalue weighted by molar-refractivity contribution is 0.0687. The predicted molar refractivity (Wildman–Crippen MR) is 80.9 cm³/mol. The highest BCUT2D eigenvalue weighted by atomic mass is 32.1. The molecule has 1 saturated heterocycles. The number of nitrogens with zero attached hydrogens (tertiary/aromatic N) is 4. The van der Waals surface area contributed by atoms with Gasteiger partial charge in [0.2, 0.25) is 0 Å². The molecule has 6 heteroatoms. The van der Waals surface area contributed by atoms with Crippen molar-refractivity contribution in [1.29, 1.82) is 0 Å². The molecule has 0 spiro atoms. The number of amides is 1. The number of carbonyl (C=O) groups excluding carboxylic acids is 1. The summed E-state index contributed by atoms with van der Waals surface area (Å²) in [7, 11) is 1.96. The Morgan fingerprint density at radius 3 is 3.00 bits per heavy atom. The monoisotopic (exact) mass is 300 g/mol. The lowest BCUT2D eigenvalue weighted by atomic mass is 9.98. The molecule has 0 saturated carbocycles. The summed E-state index contributed by atoms with van der Waals surface area (Å²) in [5, 5.41) is 6.08. The van der Waals surface area contributed by atoms with Crippen LogP contribution in [0.3, 0.4) is 0 Å². The van der Waals surface area contributed by atoms with Crippen LogP contribution in [0.4, 0.5) is 0 Å². The summed E-state index contributed by atoms with van der Waals surface area (Å²) in [6.07, 6.45) is 7.09. The number of aryl methyl sites for hydroxylation is 1. The molecule has 2 aromatic rings. The Morgan fingerprint density at radius 1 is 1.43 bits per heavy atom. The Labute approximate surface area is 126 Å². The maximum Gasteiger partial charge on any atom is 0.274 e. The quantitative estimate of drug-likeness (QED) is 0.855. The van der Waals surface area contributed by atoms with Gasteiger partial charge in [-0.05, 0) is 30.9 Å². The Hall–Kier alpha value is -1.95. The van der Waals surface area contributed by atoms with Gasteiger partial charge in [-0.25, -0.2) is 4.98 Å². The molecule has 21 heavy (non-hydrogen) atoms. The number of fused-ring (bicyclic) bond motifs is 2. The Bertz CT molecular complexity index is 703. The van der Waals surface area contributed by atoms with E-state index in [1.807, 2.05) is 34.3 Å². The molecule has 0 N–H and O–H groups in total. The summed E-state index contributed by atoms with van der Waals surface area (Å²) in [6, 6.07) is 2.53. The van der Waals surface area contributed by atoms with Crippen LogP contribution < -0.4 is 0 Å². The molecule has 0 unspecified atom stereocenters. The van der Waals surface area contributed by atoms with Crippen molar-refractivity contribution in [3.05, 3.63) is 40.6 Å². The van der Waals surface area contributed by atoms with Crippen molar-refractivity contribution in [2.75, 3.05) is 0 Å². The van der Waals surface area contributed by atoms with Crippen molar-refractivity contribution >= 4 is 22.8 Å². The molecule has 108 valence electrons. The number of hydrogen-bond acceptors (Lipinski definition) is 4. The molecule has 2 atom stereocenters. The largest absolute Gasteiger partial charge is 0.328 e. The highest BCUT2D eigenvalue weighted by Gasteiger charge is 2.40. The highest BCUT2D eigenvalue weighted by Crippen LogP contribution is 2.39. The predicted octanol–water partition coefficient (Wildman–Crippen LogP) is 2.34. The third-order valence-corrected chi connectivity index (χ3v) is 5.02. The van der Waals surface area contributed by atoms with E-state index in [9.17, 15) is 4.79 Å². The number of thiazole rings is 1. The SMILES string of the molecule is Cn1nccc1C1=C[C@H]2CC[C@@H](C1)N2C(=O)c1cscn1. The standard InChI is InChI=1S/C15H16N4OS/c1-18-14(4-5-17-18)10-6-11-2-3-12(7-10)19(11)15(20)13-8-21-9-16-13/h4-6,8-9,11-12H,2-3,7H2,1H3/t11-,12+/m1/s1. The van der Waals surface area contributed by atoms with Gasteiger partial charge in [-0.1, -0.05) is 6.08 Å². The number of hydrogen-bond donors (Lipinski definition) is 0. The van der Waals surface area contributed by atoms with E-state index < -0.39 is 0 Å². The second kappa shape index (κ2) is 4.80. The van der Waals surface area contributed by atoms with E-state index in [2.05, 4.69) is 16.2 Å². The fourth-order valence-electron chi connectivity index (χ4n) is 3.48. The van der Waals surface area contributed by atoms with Gasteiger partial charge in [0.25, 0.3) is 5.91 Å². The Kier molecular flexibility index (Phi) is 2.92. The highest BCUT2D eigenvalue weighted by molar-refractivity contribution is 7.07. The lowest BCUT2D eigenvalue weighted by Crippen LogP contribution is -2.43. The molecule has 0 aliphatic carbocycles. The summed E-state index contributed by atoms with van der Waals surface area (Å²) in [5.74, 6) is 0.0732. The molecule has 2 aliphatic rings. The van der Waals surface area contributed by atoms with E-state index in [0.29, 0.717) is 11.7 Å². The van der Waals surface area contributed by atoms with Crippen LogP contribution in [0.25, 0.3) is 5.57 Å². The van der Waals surface area contributed by atoms with Crippen LogP contribution >= 0.6 is 11.3 Å². The fourth-order valence-corrected chi connectivity index (χ4v) is 4.00. The zero-order chi connectivity index (χ0) is 14.4. The van der Waals surface area contributed by atoms with Crippen molar-refractivity contribution < 1.29 is 4.79 Å². The number of carbonyl (C=O) groups is 1. The summed E-state index contributed by atoms with van der Waals surface area (Å²) in [6.45, 7) is 0. The zero-order valence-corrected chi connectivity index (χ0v) is 12.6. The molecule has 5 nitrogen and oxygen atoms in total. The first-order valence-corrected chi connectivity index (χ1v) is 8.08. The second-order valence-electron chi connectivity index (χ2n) is 5.62. The molecule has 2 bridgehead atoms. The molecular formula is C15H16N4OS. The van der Waals surface area contributed by atoms with Gasteiger partial charge in [-0.15, -0.1) is 11.3 Å².